The summed E-state index contributed by atoms with van der Waals surface area (Å²) in [5, 5.41) is 14.1. The van der Waals surface area contributed by atoms with E-state index in [1.165, 1.54) is 0 Å². The second-order valence-corrected chi connectivity index (χ2v) is 7.81. The number of hydrogen-bond donors (Lipinski definition) is 1. The number of piperidine rings is 1. The molecule has 6 nitrogen and oxygen atoms in total. The summed E-state index contributed by atoms with van der Waals surface area (Å²) in [7, 11) is 0. The van der Waals surface area contributed by atoms with Crippen LogP contribution in [0.5, 0.6) is 0 Å². The number of anilines is 2. The first-order chi connectivity index (χ1) is 15.3. The van der Waals surface area contributed by atoms with Crippen LogP contribution >= 0.6 is 0 Å². The van der Waals surface area contributed by atoms with Crippen LogP contribution < -0.4 is 10.2 Å². The van der Waals surface area contributed by atoms with Crippen LogP contribution in [0, 0.1) is 5.92 Å². The van der Waals surface area contributed by atoms with Gasteiger partial charge in [-0.3, -0.25) is 9.78 Å². The monoisotopic (exact) mass is 409 g/mol. The predicted octanol–water partition coefficient (Wildman–Crippen LogP) is 4.55. The molecule has 154 valence electrons. The standard InChI is InChI=1S/C25H23N5O/c31-25(27-23-9-3-6-18-5-1-2-8-21(18)23)20-7-4-16-30(17-20)24-11-10-22(28-29-24)19-12-14-26-15-13-19/h1-3,5-6,8-15,20H,4,7,16-17H2,(H,27,31). The van der Waals surface area contributed by atoms with E-state index in [2.05, 4.69) is 37.5 Å². The van der Waals surface area contributed by atoms with Gasteiger partial charge >= 0.3 is 0 Å². The lowest BCUT2D eigenvalue weighted by atomic mass is 9.96. The molecule has 3 heterocycles. The number of carbonyl (C=O) groups is 1. The summed E-state index contributed by atoms with van der Waals surface area (Å²) in [6.45, 7) is 1.52. The van der Waals surface area contributed by atoms with Crippen LogP contribution in [0.15, 0.2) is 79.1 Å². The Bertz CT molecular complexity index is 1190. The summed E-state index contributed by atoms with van der Waals surface area (Å²) >= 11 is 0. The zero-order valence-electron chi connectivity index (χ0n) is 17.1. The minimum Gasteiger partial charge on any atom is -0.354 e. The Balaban J connectivity index is 1.29. The van der Waals surface area contributed by atoms with Crippen LogP contribution in [0.1, 0.15) is 12.8 Å². The summed E-state index contributed by atoms with van der Waals surface area (Å²) in [5.74, 6) is 0.775. The fraction of sp³-hybridized carbons (Fsp3) is 0.200. The Morgan fingerprint density at radius 1 is 0.935 bits per heavy atom. The topological polar surface area (TPSA) is 71.0 Å². The van der Waals surface area contributed by atoms with Gasteiger partial charge in [0.1, 0.15) is 0 Å². The maximum atomic E-state index is 13.0. The molecule has 1 saturated heterocycles. The molecule has 1 amide bonds. The van der Waals surface area contributed by atoms with Crippen molar-refractivity contribution in [2.45, 2.75) is 12.8 Å². The van der Waals surface area contributed by atoms with E-state index in [1.807, 2.05) is 54.6 Å². The number of benzene rings is 2. The first kappa shape index (κ1) is 19.2. The minimum atomic E-state index is -0.0885. The molecule has 2 aromatic heterocycles. The Labute approximate surface area is 181 Å². The van der Waals surface area contributed by atoms with E-state index in [0.29, 0.717) is 6.54 Å². The molecule has 1 fully saturated rings. The molecule has 1 atom stereocenters. The van der Waals surface area contributed by atoms with Gasteiger partial charge < -0.3 is 10.2 Å². The van der Waals surface area contributed by atoms with E-state index >= 15 is 0 Å². The average molecular weight is 409 g/mol. The molecule has 0 aliphatic carbocycles. The van der Waals surface area contributed by atoms with E-state index < -0.39 is 0 Å². The molecule has 0 bridgehead atoms. The maximum Gasteiger partial charge on any atom is 0.229 e. The number of rotatable bonds is 4. The van der Waals surface area contributed by atoms with E-state index in [-0.39, 0.29) is 11.8 Å². The molecule has 1 aliphatic heterocycles. The van der Waals surface area contributed by atoms with Crippen LogP contribution in [0.3, 0.4) is 0 Å². The second kappa shape index (κ2) is 8.52. The Kier molecular flexibility index (Phi) is 5.27. The van der Waals surface area contributed by atoms with Gasteiger partial charge in [-0.25, -0.2) is 0 Å². The summed E-state index contributed by atoms with van der Waals surface area (Å²) in [6, 6.07) is 21.9. The maximum absolute atomic E-state index is 13.0. The number of nitrogens with one attached hydrogen (secondary N) is 1. The second-order valence-electron chi connectivity index (χ2n) is 7.81. The van der Waals surface area contributed by atoms with Gasteiger partial charge in [-0.15, -0.1) is 10.2 Å². The lowest BCUT2D eigenvalue weighted by molar-refractivity contribution is -0.120. The third-order valence-corrected chi connectivity index (χ3v) is 5.79. The zero-order chi connectivity index (χ0) is 21.0. The summed E-state index contributed by atoms with van der Waals surface area (Å²) < 4.78 is 0. The minimum absolute atomic E-state index is 0.0578. The normalized spacial score (nSPS) is 16.3. The smallest absolute Gasteiger partial charge is 0.229 e. The Morgan fingerprint density at radius 3 is 2.61 bits per heavy atom. The molecule has 1 aliphatic rings. The lowest BCUT2D eigenvalue weighted by Crippen LogP contribution is -2.41. The molecule has 0 radical (unpaired) electrons. The van der Waals surface area contributed by atoms with Crippen molar-refractivity contribution >= 4 is 28.2 Å². The van der Waals surface area contributed by atoms with Crippen LogP contribution in [0.2, 0.25) is 0 Å². The van der Waals surface area contributed by atoms with Gasteiger partial charge in [0, 0.05) is 42.1 Å². The largest absolute Gasteiger partial charge is 0.354 e. The van der Waals surface area contributed by atoms with Gasteiger partial charge in [-0.1, -0.05) is 36.4 Å². The van der Waals surface area contributed by atoms with Gasteiger partial charge in [0.25, 0.3) is 0 Å². The van der Waals surface area contributed by atoms with Crippen molar-refractivity contribution in [2.24, 2.45) is 5.92 Å². The van der Waals surface area contributed by atoms with Gasteiger partial charge in [0.15, 0.2) is 5.82 Å². The van der Waals surface area contributed by atoms with Gasteiger partial charge in [-0.2, -0.15) is 0 Å². The van der Waals surface area contributed by atoms with Gasteiger partial charge in [-0.05, 0) is 48.6 Å². The highest BCUT2D eigenvalue weighted by Gasteiger charge is 2.27. The molecule has 6 heteroatoms. The predicted molar refractivity (Wildman–Crippen MR) is 123 cm³/mol. The Morgan fingerprint density at radius 2 is 1.77 bits per heavy atom. The van der Waals surface area contributed by atoms with Gasteiger partial charge in [0.2, 0.25) is 5.91 Å². The third-order valence-electron chi connectivity index (χ3n) is 5.79. The van der Waals surface area contributed by atoms with Crippen LogP contribution in [0.25, 0.3) is 22.0 Å². The summed E-state index contributed by atoms with van der Waals surface area (Å²) in [5.41, 5.74) is 2.66. The summed E-state index contributed by atoms with van der Waals surface area (Å²) in [6.07, 6.45) is 5.31. The number of fused-ring (bicyclic) bond motifs is 1. The van der Waals surface area contributed by atoms with Crippen molar-refractivity contribution in [2.75, 3.05) is 23.3 Å². The molecule has 4 aromatic rings. The first-order valence-corrected chi connectivity index (χ1v) is 10.6. The summed E-state index contributed by atoms with van der Waals surface area (Å²) in [4.78, 5) is 19.2. The van der Waals surface area contributed by atoms with E-state index in [9.17, 15) is 4.79 Å². The first-order valence-electron chi connectivity index (χ1n) is 10.6. The number of nitrogens with zero attached hydrogens (tertiary/aromatic N) is 4. The molecule has 1 unspecified atom stereocenters. The number of aromatic nitrogens is 3. The van der Waals surface area contributed by atoms with E-state index in [1.54, 1.807) is 12.4 Å². The fourth-order valence-corrected chi connectivity index (χ4v) is 4.14. The third kappa shape index (κ3) is 4.10. The van der Waals surface area contributed by atoms with E-state index in [0.717, 1.165) is 52.9 Å². The molecule has 0 saturated carbocycles. The van der Waals surface area contributed by atoms with Crippen molar-refractivity contribution < 1.29 is 4.79 Å². The van der Waals surface area contributed by atoms with Crippen molar-refractivity contribution in [3.63, 3.8) is 0 Å². The molecule has 2 aromatic carbocycles. The molecular weight excluding hydrogens is 386 g/mol. The SMILES string of the molecule is O=C(Nc1cccc2ccccc12)C1CCCN(c2ccc(-c3ccncc3)nn2)C1. The highest BCUT2D eigenvalue weighted by molar-refractivity contribution is 6.03. The molecule has 1 N–H and O–H groups in total. The van der Waals surface area contributed by atoms with E-state index in [4.69, 9.17) is 0 Å². The highest BCUT2D eigenvalue weighted by Crippen LogP contribution is 2.27. The number of hydrogen-bond acceptors (Lipinski definition) is 5. The van der Waals surface area contributed by atoms with Crippen LogP contribution in [-0.4, -0.2) is 34.2 Å². The number of carbonyl (C=O) groups excluding carboxylic acids is 1. The fourth-order valence-electron chi connectivity index (χ4n) is 4.14. The van der Waals surface area contributed by atoms with Crippen molar-refractivity contribution in [1.29, 1.82) is 0 Å². The average Bonchev–Trinajstić information content (AvgIpc) is 2.85. The highest BCUT2D eigenvalue weighted by atomic mass is 16.1. The van der Waals surface area contributed by atoms with Crippen LogP contribution in [-0.2, 0) is 4.79 Å². The molecular formula is C25H23N5O. The van der Waals surface area contributed by atoms with Crippen molar-refractivity contribution in [3.05, 3.63) is 79.1 Å². The molecule has 31 heavy (non-hydrogen) atoms. The van der Waals surface area contributed by atoms with Gasteiger partial charge in [0.05, 0.1) is 11.6 Å². The zero-order valence-corrected chi connectivity index (χ0v) is 17.1. The number of amides is 1. The quantitative estimate of drug-likeness (QED) is 0.536. The number of pyridine rings is 1. The molecule has 5 rings (SSSR count). The Hall–Kier alpha value is -3.80. The molecule has 0 spiro atoms. The van der Waals surface area contributed by atoms with Crippen LogP contribution in [0.4, 0.5) is 11.5 Å². The van der Waals surface area contributed by atoms with Crippen molar-refractivity contribution in [3.8, 4) is 11.3 Å². The lowest BCUT2D eigenvalue weighted by Gasteiger charge is -2.32. The van der Waals surface area contributed by atoms with Crippen molar-refractivity contribution in [1.82, 2.24) is 15.2 Å².